The maximum Gasteiger partial charge on any atom is 0.408 e. The van der Waals surface area contributed by atoms with Gasteiger partial charge in [0.05, 0.1) is 7.11 Å². The second kappa shape index (κ2) is 17.7. The van der Waals surface area contributed by atoms with Gasteiger partial charge in [0.2, 0.25) is 11.8 Å². The molecule has 2 atom stereocenters. The first kappa shape index (κ1) is 35.9. The molecule has 0 aromatic heterocycles. The first-order valence-electron chi connectivity index (χ1n) is 15.1. The highest BCUT2D eigenvalue weighted by Gasteiger charge is 2.37. The van der Waals surface area contributed by atoms with Crippen LogP contribution in [0.1, 0.15) is 83.4 Å². The Morgan fingerprint density at radius 3 is 2.16 bits per heavy atom. The van der Waals surface area contributed by atoms with Crippen LogP contribution in [0.15, 0.2) is 48.5 Å². The zero-order chi connectivity index (χ0) is 32.7. The SMILES string of the molecule is CCCCCCCCN(C(=O)C(Cc1ccc(O)cc1)NC(=O)OC(C)(C)C)C(C(=O)NCC(=O)OC)c1ccccc1O. The number of aromatic hydroxyl groups is 2. The summed E-state index contributed by atoms with van der Waals surface area (Å²) in [5, 5.41) is 25.8. The summed E-state index contributed by atoms with van der Waals surface area (Å²) in [6.07, 6.45) is 4.72. The van der Waals surface area contributed by atoms with Crippen LogP contribution in [-0.2, 0) is 30.3 Å². The Bertz CT molecular complexity index is 1230. The number of esters is 1. The number of amides is 3. The second-order valence-corrected chi connectivity index (χ2v) is 11.6. The lowest BCUT2D eigenvalue weighted by Crippen LogP contribution is -2.54. The summed E-state index contributed by atoms with van der Waals surface area (Å²) in [4.78, 5) is 54.3. The Labute approximate surface area is 259 Å². The summed E-state index contributed by atoms with van der Waals surface area (Å²) in [5.74, 6) is -2.12. The third-order valence-corrected chi connectivity index (χ3v) is 6.83. The number of phenols is 2. The van der Waals surface area contributed by atoms with E-state index < -0.39 is 48.1 Å². The van der Waals surface area contributed by atoms with Crippen LogP contribution in [-0.4, -0.2) is 70.8 Å². The van der Waals surface area contributed by atoms with E-state index in [9.17, 15) is 29.4 Å². The average molecular weight is 614 g/mol. The molecule has 242 valence electrons. The van der Waals surface area contributed by atoms with Crippen molar-refractivity contribution in [1.29, 1.82) is 0 Å². The minimum absolute atomic E-state index is 0.0304. The van der Waals surface area contributed by atoms with Crippen LogP contribution in [0.2, 0.25) is 0 Å². The van der Waals surface area contributed by atoms with E-state index in [1.54, 1.807) is 45.0 Å². The van der Waals surface area contributed by atoms with Gasteiger partial charge in [-0.3, -0.25) is 14.4 Å². The third-order valence-electron chi connectivity index (χ3n) is 6.83. The Morgan fingerprint density at radius 2 is 1.55 bits per heavy atom. The highest BCUT2D eigenvalue weighted by Crippen LogP contribution is 2.30. The van der Waals surface area contributed by atoms with Crippen LogP contribution in [0.4, 0.5) is 4.79 Å². The predicted octanol–water partition coefficient (Wildman–Crippen LogP) is 4.75. The van der Waals surface area contributed by atoms with Gasteiger partial charge in [0, 0.05) is 18.5 Å². The van der Waals surface area contributed by atoms with Gasteiger partial charge in [-0.25, -0.2) is 4.79 Å². The van der Waals surface area contributed by atoms with E-state index in [-0.39, 0.29) is 30.0 Å². The lowest BCUT2D eigenvalue weighted by Gasteiger charge is -2.35. The zero-order valence-electron chi connectivity index (χ0n) is 26.4. The molecule has 0 aliphatic carbocycles. The third kappa shape index (κ3) is 12.1. The number of hydrogen-bond donors (Lipinski definition) is 4. The molecule has 2 aromatic carbocycles. The van der Waals surface area contributed by atoms with Crippen molar-refractivity contribution in [3.8, 4) is 11.5 Å². The molecule has 44 heavy (non-hydrogen) atoms. The molecular weight excluding hydrogens is 566 g/mol. The van der Waals surface area contributed by atoms with Crippen molar-refractivity contribution in [3.05, 3.63) is 59.7 Å². The quantitative estimate of drug-likeness (QED) is 0.156. The number of unbranched alkanes of at least 4 members (excludes halogenated alkanes) is 5. The van der Waals surface area contributed by atoms with E-state index in [4.69, 9.17) is 4.74 Å². The number of benzene rings is 2. The standard InChI is InChI=1S/C33H47N3O8/c1-6-7-8-9-10-13-20-36(29(25-14-11-12-15-27(25)38)30(40)34-22-28(39)43-5)31(41)26(35-32(42)44-33(2,3)4)21-23-16-18-24(37)19-17-23/h11-12,14-19,26,29,37-38H,6-10,13,20-22H2,1-5H3,(H,34,40)(H,35,42). The summed E-state index contributed by atoms with van der Waals surface area (Å²) in [6, 6.07) is 9.90. The van der Waals surface area contributed by atoms with E-state index in [1.165, 1.54) is 36.3 Å². The largest absolute Gasteiger partial charge is 0.508 e. The molecule has 3 amide bonds. The molecule has 0 aliphatic rings. The molecule has 2 rings (SSSR count). The van der Waals surface area contributed by atoms with Crippen molar-refractivity contribution < 1.29 is 38.9 Å². The number of alkyl carbamates (subject to hydrolysis) is 1. The first-order valence-corrected chi connectivity index (χ1v) is 15.1. The second-order valence-electron chi connectivity index (χ2n) is 11.6. The maximum absolute atomic E-state index is 14.5. The summed E-state index contributed by atoms with van der Waals surface area (Å²) in [5.41, 5.74) is -0.0265. The molecule has 0 saturated carbocycles. The fourth-order valence-electron chi connectivity index (χ4n) is 4.64. The molecule has 0 spiro atoms. The number of hydrogen-bond acceptors (Lipinski definition) is 8. The summed E-state index contributed by atoms with van der Waals surface area (Å²) in [7, 11) is 1.19. The summed E-state index contributed by atoms with van der Waals surface area (Å²) in [6.45, 7) is 6.93. The molecule has 2 aromatic rings. The van der Waals surface area contributed by atoms with Gasteiger partial charge in [0.15, 0.2) is 0 Å². The number of nitrogens with one attached hydrogen (secondary N) is 2. The van der Waals surface area contributed by atoms with Crippen molar-refractivity contribution in [2.45, 2.75) is 90.3 Å². The minimum atomic E-state index is -1.33. The Hall–Kier alpha value is -4.28. The van der Waals surface area contributed by atoms with Crippen LogP contribution >= 0.6 is 0 Å². The van der Waals surface area contributed by atoms with E-state index in [2.05, 4.69) is 22.3 Å². The molecule has 0 aliphatic heterocycles. The van der Waals surface area contributed by atoms with Crippen molar-refractivity contribution >= 4 is 23.9 Å². The maximum atomic E-state index is 14.5. The summed E-state index contributed by atoms with van der Waals surface area (Å²) < 4.78 is 10.1. The van der Waals surface area contributed by atoms with Crippen molar-refractivity contribution in [3.63, 3.8) is 0 Å². The number of nitrogens with zero attached hydrogens (tertiary/aromatic N) is 1. The average Bonchev–Trinajstić information content (AvgIpc) is 2.97. The molecule has 0 radical (unpaired) electrons. The molecule has 4 N–H and O–H groups in total. The molecule has 0 heterocycles. The van der Waals surface area contributed by atoms with Crippen LogP contribution < -0.4 is 10.6 Å². The number of carbonyl (C=O) groups is 4. The fraction of sp³-hybridized carbons (Fsp3) is 0.515. The van der Waals surface area contributed by atoms with Crippen molar-refractivity contribution in [2.24, 2.45) is 0 Å². The van der Waals surface area contributed by atoms with Gasteiger partial charge in [0.25, 0.3) is 0 Å². The highest BCUT2D eigenvalue weighted by atomic mass is 16.6. The minimum Gasteiger partial charge on any atom is -0.508 e. The van der Waals surface area contributed by atoms with Crippen LogP contribution in [0.3, 0.4) is 0 Å². The van der Waals surface area contributed by atoms with Gasteiger partial charge < -0.3 is 35.2 Å². The summed E-state index contributed by atoms with van der Waals surface area (Å²) >= 11 is 0. The van der Waals surface area contributed by atoms with Crippen LogP contribution in [0.5, 0.6) is 11.5 Å². The number of carbonyl (C=O) groups excluding carboxylic acids is 4. The normalized spacial score (nSPS) is 12.5. The van der Waals surface area contributed by atoms with Gasteiger partial charge >= 0.3 is 12.1 Å². The smallest absolute Gasteiger partial charge is 0.408 e. The van der Waals surface area contributed by atoms with Gasteiger partial charge in [0.1, 0.15) is 35.7 Å². The molecule has 0 fully saturated rings. The number of methoxy groups -OCH3 is 1. The van der Waals surface area contributed by atoms with Gasteiger partial charge in [-0.05, 0) is 51.0 Å². The monoisotopic (exact) mass is 613 g/mol. The Balaban J connectivity index is 2.55. The van der Waals surface area contributed by atoms with Crippen LogP contribution in [0, 0.1) is 0 Å². The number of ether oxygens (including phenoxy) is 2. The zero-order valence-corrected chi connectivity index (χ0v) is 26.4. The molecule has 11 heteroatoms. The number of phenolic OH excluding ortho intramolecular Hbond substituents is 2. The lowest BCUT2D eigenvalue weighted by molar-refractivity contribution is -0.144. The van der Waals surface area contributed by atoms with Gasteiger partial charge in [-0.1, -0.05) is 69.4 Å². The lowest BCUT2D eigenvalue weighted by atomic mass is 9.99. The predicted molar refractivity (Wildman–Crippen MR) is 166 cm³/mol. The first-order chi connectivity index (χ1) is 20.9. The highest BCUT2D eigenvalue weighted by molar-refractivity contribution is 5.93. The topological polar surface area (TPSA) is 154 Å². The van der Waals surface area contributed by atoms with E-state index in [0.717, 1.165) is 32.1 Å². The fourth-order valence-corrected chi connectivity index (χ4v) is 4.64. The Kier molecular flexibility index (Phi) is 14.5. The van der Waals surface area contributed by atoms with Gasteiger partial charge in [-0.15, -0.1) is 0 Å². The van der Waals surface area contributed by atoms with E-state index >= 15 is 0 Å². The van der Waals surface area contributed by atoms with E-state index in [0.29, 0.717) is 12.0 Å². The molecule has 0 bridgehead atoms. The van der Waals surface area contributed by atoms with Crippen molar-refractivity contribution in [2.75, 3.05) is 20.2 Å². The van der Waals surface area contributed by atoms with Crippen LogP contribution in [0.25, 0.3) is 0 Å². The van der Waals surface area contributed by atoms with Crippen molar-refractivity contribution in [1.82, 2.24) is 15.5 Å². The molecule has 2 unspecified atom stereocenters. The van der Waals surface area contributed by atoms with Gasteiger partial charge in [-0.2, -0.15) is 0 Å². The number of para-hydroxylation sites is 1. The molecule has 11 nitrogen and oxygen atoms in total. The molecular formula is C33H47N3O8. The van der Waals surface area contributed by atoms with E-state index in [1.807, 2.05) is 0 Å². The Morgan fingerprint density at radius 1 is 0.909 bits per heavy atom. The molecule has 0 saturated heterocycles. The number of rotatable bonds is 16.